The molecule has 1 aliphatic heterocycles. The molecule has 0 saturated carbocycles. The lowest BCUT2D eigenvalue weighted by molar-refractivity contribution is -0.132. The summed E-state index contributed by atoms with van der Waals surface area (Å²) in [6.45, 7) is 2.34. The number of nitrogens with one attached hydrogen (secondary N) is 1. The van der Waals surface area contributed by atoms with Gasteiger partial charge in [0.15, 0.2) is 0 Å². The van der Waals surface area contributed by atoms with Crippen molar-refractivity contribution in [2.24, 2.45) is 0 Å². The molecule has 5 heteroatoms. The van der Waals surface area contributed by atoms with E-state index in [1.54, 1.807) is 36.4 Å². The predicted molar refractivity (Wildman–Crippen MR) is 95.3 cm³/mol. The second-order valence-electron chi connectivity index (χ2n) is 6.21. The van der Waals surface area contributed by atoms with Crippen LogP contribution in [0.5, 0.6) is 0 Å². The number of hydrogen-bond donors (Lipinski definition) is 1. The molecule has 1 saturated heterocycles. The van der Waals surface area contributed by atoms with E-state index in [0.29, 0.717) is 30.6 Å². The number of aryl methyl sites for hydroxylation is 1. The molecule has 25 heavy (non-hydrogen) atoms. The molecule has 1 atom stereocenters. The summed E-state index contributed by atoms with van der Waals surface area (Å²) in [6, 6.07) is 15.4. The molecule has 1 unspecified atom stereocenters. The number of carbonyl (C=O) groups is 3. The number of rotatable bonds is 4. The third-order valence-electron chi connectivity index (χ3n) is 4.37. The molecule has 0 spiro atoms. The zero-order chi connectivity index (χ0) is 17.8. The van der Waals surface area contributed by atoms with Crippen LogP contribution >= 0.6 is 0 Å². The standard InChI is InChI=1S/C20H20N2O3/c1-14-9-11-15(12-10-14)18(23)20(25)22-13-5-8-17(22)19(24)21-16-6-3-2-4-7-16/h2-4,6-7,9-12,17H,5,8,13H2,1H3,(H,21,24). The summed E-state index contributed by atoms with van der Waals surface area (Å²) < 4.78 is 0. The summed E-state index contributed by atoms with van der Waals surface area (Å²) in [4.78, 5) is 38.9. The van der Waals surface area contributed by atoms with Crippen LogP contribution in [0.1, 0.15) is 28.8 Å². The van der Waals surface area contributed by atoms with Crippen molar-refractivity contribution in [3.63, 3.8) is 0 Å². The van der Waals surface area contributed by atoms with Gasteiger partial charge in [0.05, 0.1) is 0 Å². The van der Waals surface area contributed by atoms with E-state index in [0.717, 1.165) is 5.56 Å². The Morgan fingerprint density at radius 2 is 1.68 bits per heavy atom. The number of anilines is 1. The smallest absolute Gasteiger partial charge is 0.295 e. The average Bonchev–Trinajstić information content (AvgIpc) is 3.12. The van der Waals surface area contributed by atoms with Crippen LogP contribution in [0.4, 0.5) is 5.69 Å². The Bertz CT molecular complexity index is 784. The number of Topliss-reactive ketones (excluding diaryl/α,β-unsaturated/α-hetero) is 1. The molecular formula is C20H20N2O3. The largest absolute Gasteiger partial charge is 0.324 e. The van der Waals surface area contributed by atoms with E-state index in [2.05, 4.69) is 5.32 Å². The number of carbonyl (C=O) groups excluding carboxylic acids is 3. The van der Waals surface area contributed by atoms with E-state index in [1.165, 1.54) is 4.90 Å². The lowest BCUT2D eigenvalue weighted by atomic mass is 10.1. The molecule has 1 aliphatic rings. The summed E-state index contributed by atoms with van der Waals surface area (Å²) in [6.07, 6.45) is 1.27. The number of benzene rings is 2. The van der Waals surface area contributed by atoms with Gasteiger partial charge in [-0.1, -0.05) is 48.0 Å². The zero-order valence-corrected chi connectivity index (χ0v) is 14.1. The summed E-state index contributed by atoms with van der Waals surface area (Å²) in [5.41, 5.74) is 2.05. The highest BCUT2D eigenvalue weighted by Crippen LogP contribution is 2.21. The third kappa shape index (κ3) is 3.76. The molecule has 0 aromatic heterocycles. The van der Waals surface area contributed by atoms with Gasteiger partial charge in [-0.05, 0) is 31.9 Å². The van der Waals surface area contributed by atoms with E-state index in [-0.39, 0.29) is 5.91 Å². The number of para-hydroxylation sites is 1. The maximum absolute atomic E-state index is 12.6. The van der Waals surface area contributed by atoms with Crippen molar-refractivity contribution in [2.75, 3.05) is 11.9 Å². The molecule has 0 aliphatic carbocycles. The second-order valence-corrected chi connectivity index (χ2v) is 6.21. The van der Waals surface area contributed by atoms with Gasteiger partial charge in [0.1, 0.15) is 6.04 Å². The normalized spacial score (nSPS) is 16.5. The van der Waals surface area contributed by atoms with Gasteiger partial charge in [-0.3, -0.25) is 14.4 Å². The second kappa shape index (κ2) is 7.30. The quantitative estimate of drug-likeness (QED) is 0.690. The minimum absolute atomic E-state index is 0.256. The van der Waals surface area contributed by atoms with Crippen LogP contribution in [-0.2, 0) is 9.59 Å². The van der Waals surface area contributed by atoms with Crippen LogP contribution in [0, 0.1) is 6.92 Å². The first-order valence-corrected chi connectivity index (χ1v) is 8.34. The molecule has 0 bridgehead atoms. The highest BCUT2D eigenvalue weighted by molar-refractivity contribution is 6.43. The molecular weight excluding hydrogens is 316 g/mol. The van der Waals surface area contributed by atoms with E-state index < -0.39 is 17.7 Å². The molecule has 0 radical (unpaired) electrons. The first kappa shape index (κ1) is 16.9. The lowest BCUT2D eigenvalue weighted by Gasteiger charge is -2.23. The van der Waals surface area contributed by atoms with Gasteiger partial charge in [-0.15, -0.1) is 0 Å². The molecule has 5 nitrogen and oxygen atoms in total. The summed E-state index contributed by atoms with van der Waals surface area (Å²) in [7, 11) is 0. The van der Waals surface area contributed by atoms with E-state index in [1.807, 2.05) is 25.1 Å². The number of nitrogens with zero attached hydrogens (tertiary/aromatic N) is 1. The SMILES string of the molecule is Cc1ccc(C(=O)C(=O)N2CCCC2C(=O)Nc2ccccc2)cc1. The van der Waals surface area contributed by atoms with Crippen molar-refractivity contribution in [3.8, 4) is 0 Å². The van der Waals surface area contributed by atoms with Crippen LogP contribution in [0.25, 0.3) is 0 Å². The van der Waals surface area contributed by atoms with Gasteiger partial charge in [-0.25, -0.2) is 0 Å². The fourth-order valence-electron chi connectivity index (χ4n) is 2.99. The van der Waals surface area contributed by atoms with Gasteiger partial charge in [-0.2, -0.15) is 0 Å². The number of likely N-dealkylation sites (tertiary alicyclic amines) is 1. The van der Waals surface area contributed by atoms with Crippen LogP contribution in [-0.4, -0.2) is 35.1 Å². The number of ketones is 1. The van der Waals surface area contributed by atoms with E-state index in [4.69, 9.17) is 0 Å². The van der Waals surface area contributed by atoms with Crippen LogP contribution in [0.3, 0.4) is 0 Å². The first-order chi connectivity index (χ1) is 12.1. The van der Waals surface area contributed by atoms with Crippen molar-refractivity contribution in [3.05, 3.63) is 65.7 Å². The van der Waals surface area contributed by atoms with Crippen molar-refractivity contribution in [1.82, 2.24) is 4.90 Å². The number of hydrogen-bond acceptors (Lipinski definition) is 3. The summed E-state index contributed by atoms with van der Waals surface area (Å²) in [5, 5.41) is 2.81. The average molecular weight is 336 g/mol. The van der Waals surface area contributed by atoms with E-state index >= 15 is 0 Å². The van der Waals surface area contributed by atoms with Gasteiger partial charge < -0.3 is 10.2 Å². The molecule has 128 valence electrons. The van der Waals surface area contributed by atoms with Crippen LogP contribution < -0.4 is 5.32 Å². The maximum Gasteiger partial charge on any atom is 0.295 e. The van der Waals surface area contributed by atoms with E-state index in [9.17, 15) is 14.4 Å². The molecule has 2 aromatic rings. The van der Waals surface area contributed by atoms with Gasteiger partial charge in [0, 0.05) is 17.8 Å². The Morgan fingerprint density at radius 3 is 2.36 bits per heavy atom. The Kier molecular flexibility index (Phi) is 4.93. The monoisotopic (exact) mass is 336 g/mol. The lowest BCUT2D eigenvalue weighted by Crippen LogP contribution is -2.46. The first-order valence-electron chi connectivity index (χ1n) is 8.34. The molecule has 2 amide bonds. The third-order valence-corrected chi connectivity index (χ3v) is 4.37. The number of amides is 2. The highest BCUT2D eigenvalue weighted by atomic mass is 16.2. The van der Waals surface area contributed by atoms with Crippen LogP contribution in [0.2, 0.25) is 0 Å². The fraction of sp³-hybridized carbons (Fsp3) is 0.250. The molecule has 2 aromatic carbocycles. The zero-order valence-electron chi connectivity index (χ0n) is 14.1. The molecule has 3 rings (SSSR count). The fourth-order valence-corrected chi connectivity index (χ4v) is 2.99. The van der Waals surface area contributed by atoms with Gasteiger partial charge >= 0.3 is 0 Å². The minimum atomic E-state index is -0.616. The summed E-state index contributed by atoms with van der Waals surface area (Å²) >= 11 is 0. The topological polar surface area (TPSA) is 66.5 Å². The van der Waals surface area contributed by atoms with Crippen molar-refractivity contribution in [1.29, 1.82) is 0 Å². The van der Waals surface area contributed by atoms with Crippen LogP contribution in [0.15, 0.2) is 54.6 Å². The Labute approximate surface area is 146 Å². The predicted octanol–water partition coefficient (Wildman–Crippen LogP) is 2.81. The van der Waals surface area contributed by atoms with Gasteiger partial charge in [0.2, 0.25) is 11.7 Å². The van der Waals surface area contributed by atoms with Crippen molar-refractivity contribution < 1.29 is 14.4 Å². The maximum atomic E-state index is 12.6. The Morgan fingerprint density at radius 1 is 1.00 bits per heavy atom. The highest BCUT2D eigenvalue weighted by Gasteiger charge is 2.37. The molecule has 1 heterocycles. The van der Waals surface area contributed by atoms with Crippen molar-refractivity contribution >= 4 is 23.3 Å². The molecule has 1 N–H and O–H groups in total. The Balaban J connectivity index is 1.72. The summed E-state index contributed by atoms with van der Waals surface area (Å²) in [5.74, 6) is -1.44. The minimum Gasteiger partial charge on any atom is -0.324 e. The van der Waals surface area contributed by atoms with Gasteiger partial charge in [0.25, 0.3) is 5.91 Å². The van der Waals surface area contributed by atoms with Crippen molar-refractivity contribution in [2.45, 2.75) is 25.8 Å². The Hall–Kier alpha value is -2.95. The molecule has 1 fully saturated rings.